The maximum atomic E-state index is 11.8. The van der Waals surface area contributed by atoms with Gasteiger partial charge in [-0.1, -0.05) is 30.3 Å². The predicted molar refractivity (Wildman–Crippen MR) is 70.4 cm³/mol. The van der Waals surface area contributed by atoms with Crippen LogP contribution in [0.4, 0.5) is 4.79 Å². The molecule has 1 aliphatic carbocycles. The molecule has 1 aromatic rings. The minimum absolute atomic E-state index is 0. The van der Waals surface area contributed by atoms with Crippen molar-refractivity contribution in [1.82, 2.24) is 4.90 Å². The summed E-state index contributed by atoms with van der Waals surface area (Å²) in [6, 6.07) is 10.0. The summed E-state index contributed by atoms with van der Waals surface area (Å²) < 4.78 is 5.26. The van der Waals surface area contributed by atoms with Gasteiger partial charge in [0.05, 0.1) is 0 Å². The highest BCUT2D eigenvalue weighted by Crippen LogP contribution is 2.43. The number of fused-ring (bicyclic) bond motifs is 1. The Morgan fingerprint density at radius 3 is 2.50 bits per heavy atom. The molecule has 0 unspecified atom stereocenters. The number of benzene rings is 1. The van der Waals surface area contributed by atoms with Crippen molar-refractivity contribution in [2.75, 3.05) is 13.1 Å². The number of ether oxygens (including phenoxy) is 1. The maximum Gasteiger partial charge on any atom is 0.410 e. The molecule has 0 spiro atoms. The maximum absolute atomic E-state index is 11.8. The topological polar surface area (TPSA) is 55.6 Å². The number of rotatable bonds is 2. The summed E-state index contributed by atoms with van der Waals surface area (Å²) in [7, 11) is 0. The quantitative estimate of drug-likeness (QED) is 0.887. The molecule has 1 saturated heterocycles. The number of likely N-dealkylation sites (tertiary alicyclic amines) is 1. The van der Waals surface area contributed by atoms with Crippen LogP contribution in [-0.4, -0.2) is 30.1 Å². The first-order chi connectivity index (χ1) is 8.25. The molecule has 2 fully saturated rings. The molecular weight excluding hydrogens is 252 g/mol. The second-order valence-electron chi connectivity index (χ2n) is 4.85. The lowest BCUT2D eigenvalue weighted by Crippen LogP contribution is -2.34. The number of halogens is 1. The summed E-state index contributed by atoms with van der Waals surface area (Å²) in [4.78, 5) is 13.5. The van der Waals surface area contributed by atoms with E-state index in [1.165, 1.54) is 0 Å². The summed E-state index contributed by atoms with van der Waals surface area (Å²) in [5, 5.41) is 0. The molecule has 0 bridgehead atoms. The van der Waals surface area contributed by atoms with Crippen molar-refractivity contribution >= 4 is 18.5 Å². The molecule has 4 nitrogen and oxygen atoms in total. The standard InChI is InChI=1S/C13H16N2O2.ClH/c14-12-10-6-15(7-11(10)12)13(16)17-8-9-4-2-1-3-5-9;/h1-5,10-12H,6-8,14H2;1H/t10-,11-;/m1./s1. The van der Waals surface area contributed by atoms with Gasteiger partial charge in [-0.2, -0.15) is 0 Å². The van der Waals surface area contributed by atoms with Crippen molar-refractivity contribution in [2.24, 2.45) is 17.6 Å². The van der Waals surface area contributed by atoms with Gasteiger partial charge in [0.15, 0.2) is 0 Å². The van der Waals surface area contributed by atoms with Crippen LogP contribution in [-0.2, 0) is 11.3 Å². The smallest absolute Gasteiger partial charge is 0.410 e. The molecule has 3 rings (SSSR count). The number of carbonyl (C=O) groups excluding carboxylic acids is 1. The molecular formula is C13H17ClN2O2. The zero-order valence-electron chi connectivity index (χ0n) is 9.99. The first kappa shape index (κ1) is 13.2. The van der Waals surface area contributed by atoms with Gasteiger partial charge >= 0.3 is 6.09 Å². The van der Waals surface area contributed by atoms with E-state index in [0.717, 1.165) is 18.7 Å². The SMILES string of the molecule is Cl.NC1[C@@H]2CN(C(=O)OCc3ccccc3)C[C@@H]12. The van der Waals surface area contributed by atoms with Crippen LogP contribution in [0.25, 0.3) is 0 Å². The van der Waals surface area contributed by atoms with E-state index in [-0.39, 0.29) is 18.5 Å². The lowest BCUT2D eigenvalue weighted by atomic mass is 10.2. The van der Waals surface area contributed by atoms with Crippen molar-refractivity contribution < 1.29 is 9.53 Å². The van der Waals surface area contributed by atoms with Gasteiger partial charge in [0.25, 0.3) is 0 Å². The normalized spacial score (nSPS) is 28.3. The zero-order valence-corrected chi connectivity index (χ0v) is 10.8. The second-order valence-corrected chi connectivity index (χ2v) is 4.85. The first-order valence-electron chi connectivity index (χ1n) is 5.97. The summed E-state index contributed by atoms with van der Waals surface area (Å²) in [6.07, 6.45) is -0.215. The van der Waals surface area contributed by atoms with Gasteiger partial charge in [-0.05, 0) is 17.4 Å². The molecule has 2 atom stereocenters. The van der Waals surface area contributed by atoms with Crippen molar-refractivity contribution in [3.63, 3.8) is 0 Å². The molecule has 18 heavy (non-hydrogen) atoms. The molecule has 1 aliphatic heterocycles. The van der Waals surface area contributed by atoms with Gasteiger partial charge in [0, 0.05) is 19.1 Å². The van der Waals surface area contributed by atoms with Gasteiger partial charge in [0.2, 0.25) is 0 Å². The largest absolute Gasteiger partial charge is 0.445 e. The van der Waals surface area contributed by atoms with Crippen molar-refractivity contribution in [2.45, 2.75) is 12.6 Å². The second kappa shape index (κ2) is 5.16. The average Bonchev–Trinajstić information content (AvgIpc) is 2.81. The van der Waals surface area contributed by atoms with Crippen LogP contribution in [0.15, 0.2) is 30.3 Å². The fraction of sp³-hybridized carbons (Fsp3) is 0.462. The van der Waals surface area contributed by atoms with E-state index in [1.54, 1.807) is 4.90 Å². The number of nitrogens with two attached hydrogens (primary N) is 1. The highest BCUT2D eigenvalue weighted by atomic mass is 35.5. The third-order valence-electron chi connectivity index (χ3n) is 3.72. The van der Waals surface area contributed by atoms with E-state index >= 15 is 0 Å². The monoisotopic (exact) mass is 268 g/mol. The Hall–Kier alpha value is -1.26. The lowest BCUT2D eigenvalue weighted by Gasteiger charge is -2.18. The fourth-order valence-corrected chi connectivity index (χ4v) is 2.53. The van der Waals surface area contributed by atoms with Gasteiger partial charge in [-0.25, -0.2) is 4.79 Å². The lowest BCUT2D eigenvalue weighted by molar-refractivity contribution is 0.0999. The van der Waals surface area contributed by atoms with Crippen LogP contribution in [0.5, 0.6) is 0 Å². The van der Waals surface area contributed by atoms with E-state index in [9.17, 15) is 4.79 Å². The molecule has 98 valence electrons. The Morgan fingerprint density at radius 2 is 1.89 bits per heavy atom. The number of hydrogen-bond donors (Lipinski definition) is 1. The third kappa shape index (κ3) is 2.44. The molecule has 1 heterocycles. The minimum atomic E-state index is -0.215. The molecule has 2 N–H and O–H groups in total. The number of piperidine rings is 1. The van der Waals surface area contributed by atoms with E-state index < -0.39 is 0 Å². The minimum Gasteiger partial charge on any atom is -0.445 e. The highest BCUT2D eigenvalue weighted by molar-refractivity contribution is 5.85. The van der Waals surface area contributed by atoms with Crippen LogP contribution < -0.4 is 5.73 Å². The van der Waals surface area contributed by atoms with E-state index in [0.29, 0.717) is 24.5 Å². The summed E-state index contributed by atoms with van der Waals surface area (Å²) in [6.45, 7) is 1.87. The van der Waals surface area contributed by atoms with E-state index in [2.05, 4.69) is 0 Å². The Balaban J connectivity index is 0.00000120. The Morgan fingerprint density at radius 1 is 1.28 bits per heavy atom. The van der Waals surface area contributed by atoms with Crippen molar-refractivity contribution in [3.05, 3.63) is 35.9 Å². The van der Waals surface area contributed by atoms with Crippen LogP contribution in [0.3, 0.4) is 0 Å². The Labute approximate surface area is 113 Å². The molecule has 1 aromatic carbocycles. The third-order valence-corrected chi connectivity index (χ3v) is 3.72. The average molecular weight is 269 g/mol. The Bertz CT molecular complexity index is 414. The summed E-state index contributed by atoms with van der Waals surface area (Å²) in [5.41, 5.74) is 6.84. The Kier molecular flexibility index (Phi) is 3.78. The molecule has 5 heteroatoms. The molecule has 1 saturated carbocycles. The fourth-order valence-electron chi connectivity index (χ4n) is 2.53. The van der Waals surface area contributed by atoms with Gasteiger partial charge in [-0.15, -0.1) is 12.4 Å². The molecule has 0 aromatic heterocycles. The van der Waals surface area contributed by atoms with Crippen molar-refractivity contribution in [3.8, 4) is 0 Å². The van der Waals surface area contributed by atoms with Crippen molar-refractivity contribution in [1.29, 1.82) is 0 Å². The van der Waals surface area contributed by atoms with Crippen LogP contribution in [0.1, 0.15) is 5.56 Å². The predicted octanol–water partition coefficient (Wildman–Crippen LogP) is 1.63. The van der Waals surface area contributed by atoms with Gasteiger partial charge < -0.3 is 15.4 Å². The number of carbonyl (C=O) groups is 1. The molecule has 2 aliphatic rings. The highest BCUT2D eigenvalue weighted by Gasteiger charge is 2.54. The van der Waals surface area contributed by atoms with Gasteiger partial charge in [0.1, 0.15) is 6.61 Å². The number of amides is 1. The van der Waals surface area contributed by atoms with Crippen LogP contribution >= 0.6 is 12.4 Å². The van der Waals surface area contributed by atoms with Gasteiger partial charge in [-0.3, -0.25) is 0 Å². The molecule has 1 amide bonds. The summed E-state index contributed by atoms with van der Waals surface area (Å²) in [5.74, 6) is 1.03. The molecule has 0 radical (unpaired) electrons. The summed E-state index contributed by atoms with van der Waals surface area (Å²) >= 11 is 0. The number of nitrogens with zero attached hydrogens (tertiary/aromatic N) is 1. The zero-order chi connectivity index (χ0) is 11.8. The van der Waals surface area contributed by atoms with Crippen LogP contribution in [0.2, 0.25) is 0 Å². The first-order valence-corrected chi connectivity index (χ1v) is 5.97. The number of hydrogen-bond acceptors (Lipinski definition) is 3. The van der Waals surface area contributed by atoms with E-state index in [1.807, 2.05) is 30.3 Å². The van der Waals surface area contributed by atoms with Crippen LogP contribution in [0, 0.1) is 11.8 Å². The van der Waals surface area contributed by atoms with E-state index in [4.69, 9.17) is 10.5 Å².